The number of aromatic hydroxyl groups is 1. The molecular formula is C12H14O3. The van der Waals surface area contributed by atoms with Crippen LogP contribution < -0.4 is 0 Å². The second-order valence-corrected chi connectivity index (χ2v) is 4.01. The van der Waals surface area contributed by atoms with Gasteiger partial charge in [-0.25, -0.2) is 0 Å². The Morgan fingerprint density at radius 2 is 2.27 bits per heavy atom. The summed E-state index contributed by atoms with van der Waals surface area (Å²) in [5.41, 5.74) is 2.18. The lowest BCUT2D eigenvalue weighted by atomic mass is 10.0. The van der Waals surface area contributed by atoms with E-state index in [1.54, 1.807) is 12.1 Å². The molecule has 0 aromatic heterocycles. The smallest absolute Gasteiger partial charge is 0.309 e. The Kier molecular flexibility index (Phi) is 2.39. The summed E-state index contributed by atoms with van der Waals surface area (Å²) in [6.07, 6.45) is 0.859. The number of phenolic OH excluding ortho intramolecular Hbond substituents is 1. The van der Waals surface area contributed by atoms with Crippen LogP contribution in [0.3, 0.4) is 0 Å². The highest BCUT2D eigenvalue weighted by Crippen LogP contribution is 2.49. The van der Waals surface area contributed by atoms with Crippen LogP contribution in [0.4, 0.5) is 0 Å². The number of carbonyl (C=O) groups excluding carboxylic acids is 1. The summed E-state index contributed by atoms with van der Waals surface area (Å²) < 4.78 is 4.70. The van der Waals surface area contributed by atoms with Crippen LogP contribution in [0, 0.1) is 12.8 Å². The number of phenols is 1. The fourth-order valence-electron chi connectivity index (χ4n) is 2.03. The number of methoxy groups -OCH3 is 1. The van der Waals surface area contributed by atoms with E-state index in [9.17, 15) is 9.90 Å². The van der Waals surface area contributed by atoms with Crippen LogP contribution in [0.15, 0.2) is 18.2 Å². The van der Waals surface area contributed by atoms with E-state index in [0.29, 0.717) is 0 Å². The normalized spacial score (nSPS) is 23.6. The van der Waals surface area contributed by atoms with Gasteiger partial charge in [0.1, 0.15) is 5.75 Å². The predicted octanol–water partition coefficient (Wildman–Crippen LogP) is 1.98. The van der Waals surface area contributed by atoms with Crippen LogP contribution in [0.2, 0.25) is 0 Å². The molecule has 80 valence electrons. The van der Waals surface area contributed by atoms with Crippen molar-refractivity contribution in [1.82, 2.24) is 0 Å². The van der Waals surface area contributed by atoms with Gasteiger partial charge < -0.3 is 9.84 Å². The van der Waals surface area contributed by atoms with Crippen molar-refractivity contribution < 1.29 is 14.6 Å². The second kappa shape index (κ2) is 3.57. The lowest BCUT2D eigenvalue weighted by Crippen LogP contribution is -2.04. The van der Waals surface area contributed by atoms with Gasteiger partial charge >= 0.3 is 5.97 Å². The summed E-state index contributed by atoms with van der Waals surface area (Å²) in [7, 11) is 1.42. The third kappa shape index (κ3) is 1.82. The number of esters is 1. The molecular weight excluding hydrogens is 192 g/mol. The molecule has 2 atom stereocenters. The molecule has 1 fully saturated rings. The van der Waals surface area contributed by atoms with Gasteiger partial charge in [0.05, 0.1) is 13.0 Å². The number of carbonyl (C=O) groups is 1. The van der Waals surface area contributed by atoms with E-state index in [1.165, 1.54) is 7.11 Å². The Balaban J connectivity index is 2.16. The molecule has 2 rings (SSSR count). The Morgan fingerprint density at radius 1 is 1.53 bits per heavy atom. The zero-order chi connectivity index (χ0) is 11.0. The van der Waals surface area contributed by atoms with Gasteiger partial charge in [-0.15, -0.1) is 0 Å². The van der Waals surface area contributed by atoms with E-state index in [4.69, 9.17) is 4.74 Å². The van der Waals surface area contributed by atoms with E-state index < -0.39 is 0 Å². The monoisotopic (exact) mass is 206 g/mol. The first-order chi connectivity index (χ1) is 7.13. The van der Waals surface area contributed by atoms with Crippen molar-refractivity contribution in [2.75, 3.05) is 7.11 Å². The highest BCUT2D eigenvalue weighted by molar-refractivity contribution is 5.77. The molecule has 0 amide bonds. The average molecular weight is 206 g/mol. The molecule has 0 spiro atoms. The quantitative estimate of drug-likeness (QED) is 0.752. The van der Waals surface area contributed by atoms with Crippen LogP contribution in [0.1, 0.15) is 23.5 Å². The van der Waals surface area contributed by atoms with Gasteiger partial charge in [-0.2, -0.15) is 0 Å². The number of benzene rings is 1. The summed E-state index contributed by atoms with van der Waals surface area (Å²) in [5, 5.41) is 9.27. The summed E-state index contributed by atoms with van der Waals surface area (Å²) in [6.45, 7) is 1.95. The highest BCUT2D eigenvalue weighted by Gasteiger charge is 2.45. The Labute approximate surface area is 88.7 Å². The van der Waals surface area contributed by atoms with Crippen molar-refractivity contribution in [3.63, 3.8) is 0 Å². The minimum atomic E-state index is -0.132. The van der Waals surface area contributed by atoms with Crippen molar-refractivity contribution in [3.8, 4) is 5.75 Å². The van der Waals surface area contributed by atoms with Gasteiger partial charge in [0, 0.05) is 0 Å². The van der Waals surface area contributed by atoms with Crippen LogP contribution in [0.25, 0.3) is 0 Å². The van der Waals surface area contributed by atoms with Crippen molar-refractivity contribution in [3.05, 3.63) is 29.3 Å². The first-order valence-corrected chi connectivity index (χ1v) is 5.01. The first-order valence-electron chi connectivity index (χ1n) is 5.01. The Bertz CT molecular complexity index is 398. The van der Waals surface area contributed by atoms with Gasteiger partial charge in [-0.05, 0) is 42.5 Å². The molecule has 0 aliphatic heterocycles. The fourth-order valence-corrected chi connectivity index (χ4v) is 2.03. The number of hydrogen-bond acceptors (Lipinski definition) is 3. The van der Waals surface area contributed by atoms with Crippen molar-refractivity contribution in [2.45, 2.75) is 19.3 Å². The molecule has 3 heteroatoms. The molecule has 1 aliphatic carbocycles. The highest BCUT2D eigenvalue weighted by atomic mass is 16.5. The fraction of sp³-hybridized carbons (Fsp3) is 0.417. The van der Waals surface area contributed by atoms with Crippen LogP contribution in [0.5, 0.6) is 5.75 Å². The van der Waals surface area contributed by atoms with Crippen LogP contribution in [-0.4, -0.2) is 18.2 Å². The predicted molar refractivity (Wildman–Crippen MR) is 55.7 cm³/mol. The number of rotatable bonds is 2. The van der Waals surface area contributed by atoms with Gasteiger partial charge in [-0.1, -0.05) is 6.07 Å². The molecule has 0 heterocycles. The zero-order valence-corrected chi connectivity index (χ0v) is 8.86. The number of hydrogen-bond donors (Lipinski definition) is 1. The topological polar surface area (TPSA) is 46.5 Å². The molecule has 1 N–H and O–H groups in total. The maximum absolute atomic E-state index is 11.3. The Morgan fingerprint density at radius 3 is 2.87 bits per heavy atom. The second-order valence-electron chi connectivity index (χ2n) is 4.01. The molecule has 1 aliphatic rings. The third-order valence-corrected chi connectivity index (χ3v) is 2.95. The third-order valence-electron chi connectivity index (χ3n) is 2.95. The summed E-state index contributed by atoms with van der Waals surface area (Å²) >= 11 is 0. The molecule has 0 saturated heterocycles. The first kappa shape index (κ1) is 10.0. The molecule has 1 aromatic carbocycles. The van der Waals surface area contributed by atoms with Crippen LogP contribution >= 0.6 is 0 Å². The minimum Gasteiger partial charge on any atom is -0.508 e. The molecule has 0 bridgehead atoms. The minimum absolute atomic E-state index is 0.0123. The van der Waals surface area contributed by atoms with Gasteiger partial charge in [-0.3, -0.25) is 4.79 Å². The maximum Gasteiger partial charge on any atom is 0.309 e. The van der Waals surface area contributed by atoms with E-state index in [0.717, 1.165) is 17.5 Å². The van der Waals surface area contributed by atoms with Gasteiger partial charge in [0.2, 0.25) is 0 Å². The lowest BCUT2D eigenvalue weighted by Gasteiger charge is -2.05. The van der Waals surface area contributed by atoms with Crippen molar-refractivity contribution in [2.24, 2.45) is 5.92 Å². The molecule has 15 heavy (non-hydrogen) atoms. The molecule has 2 unspecified atom stereocenters. The number of aryl methyl sites for hydroxylation is 1. The molecule has 0 radical (unpaired) electrons. The summed E-state index contributed by atoms with van der Waals surface area (Å²) in [5.74, 6) is 0.426. The van der Waals surface area contributed by atoms with Crippen molar-refractivity contribution >= 4 is 5.97 Å². The van der Waals surface area contributed by atoms with E-state index in [-0.39, 0.29) is 23.6 Å². The number of ether oxygens (including phenoxy) is 1. The summed E-state index contributed by atoms with van der Waals surface area (Å²) in [6, 6.07) is 5.27. The SMILES string of the molecule is COC(=O)C1CC1c1ccc(O)cc1C. The summed E-state index contributed by atoms with van der Waals surface area (Å²) in [4.78, 5) is 11.3. The van der Waals surface area contributed by atoms with Crippen LogP contribution in [-0.2, 0) is 9.53 Å². The van der Waals surface area contributed by atoms with Gasteiger partial charge in [0.25, 0.3) is 0 Å². The Hall–Kier alpha value is -1.51. The van der Waals surface area contributed by atoms with E-state index >= 15 is 0 Å². The zero-order valence-electron chi connectivity index (χ0n) is 8.86. The largest absolute Gasteiger partial charge is 0.508 e. The standard InChI is InChI=1S/C12H14O3/c1-7-5-8(13)3-4-9(7)10-6-11(10)12(14)15-2/h3-5,10-11,13H,6H2,1-2H3. The van der Waals surface area contributed by atoms with E-state index in [1.807, 2.05) is 13.0 Å². The average Bonchev–Trinajstić information content (AvgIpc) is 2.96. The van der Waals surface area contributed by atoms with Crippen molar-refractivity contribution in [1.29, 1.82) is 0 Å². The molecule has 1 saturated carbocycles. The molecule has 3 nitrogen and oxygen atoms in total. The lowest BCUT2D eigenvalue weighted by molar-refractivity contribution is -0.142. The maximum atomic E-state index is 11.3. The molecule has 1 aromatic rings. The van der Waals surface area contributed by atoms with Gasteiger partial charge in [0.15, 0.2) is 0 Å². The van der Waals surface area contributed by atoms with E-state index in [2.05, 4.69) is 0 Å².